The van der Waals surface area contributed by atoms with E-state index in [2.05, 4.69) is 20.8 Å². The number of pyridine rings is 1. The predicted octanol–water partition coefficient (Wildman–Crippen LogP) is 5.50. The molecule has 2 N–H and O–H groups in total. The molecule has 0 saturated heterocycles. The SMILES string of the molecule is Cc1c(C(=O)Nc2ccc(Oc3ccccc3)cc2)oc2c1/C(=N/NC(=O)c1ccncc1)CCC2. The number of fused-ring (bicyclic) bond motifs is 1. The van der Waals surface area contributed by atoms with Gasteiger partial charge in [0.1, 0.15) is 17.3 Å². The Kier molecular flexibility index (Phi) is 6.57. The molecule has 2 amide bonds. The van der Waals surface area contributed by atoms with E-state index in [9.17, 15) is 9.59 Å². The van der Waals surface area contributed by atoms with Crippen LogP contribution in [0.3, 0.4) is 0 Å². The summed E-state index contributed by atoms with van der Waals surface area (Å²) in [6.45, 7) is 1.83. The van der Waals surface area contributed by atoms with Gasteiger partial charge in [-0.1, -0.05) is 18.2 Å². The lowest BCUT2D eigenvalue weighted by molar-refractivity contribution is 0.0953. The molecule has 4 aromatic rings. The van der Waals surface area contributed by atoms with Crippen LogP contribution in [0.4, 0.5) is 5.69 Å². The summed E-state index contributed by atoms with van der Waals surface area (Å²) < 4.78 is 11.8. The van der Waals surface area contributed by atoms with Crippen molar-refractivity contribution in [2.75, 3.05) is 5.32 Å². The summed E-state index contributed by atoms with van der Waals surface area (Å²) in [5.41, 5.74) is 5.87. The fourth-order valence-corrected chi connectivity index (χ4v) is 4.10. The third-order valence-corrected chi connectivity index (χ3v) is 5.86. The van der Waals surface area contributed by atoms with Crippen molar-refractivity contribution in [2.24, 2.45) is 5.10 Å². The number of anilines is 1. The second-order valence-electron chi connectivity index (χ2n) is 8.34. The number of hydrazone groups is 1. The zero-order chi connectivity index (χ0) is 24.9. The quantitative estimate of drug-likeness (QED) is 0.355. The van der Waals surface area contributed by atoms with Gasteiger partial charge in [-0.2, -0.15) is 5.10 Å². The second-order valence-corrected chi connectivity index (χ2v) is 8.34. The monoisotopic (exact) mass is 480 g/mol. The van der Waals surface area contributed by atoms with E-state index in [-0.39, 0.29) is 17.6 Å². The average molecular weight is 481 g/mol. The van der Waals surface area contributed by atoms with Crippen LogP contribution in [0.25, 0.3) is 0 Å². The Morgan fingerprint density at radius 2 is 1.64 bits per heavy atom. The van der Waals surface area contributed by atoms with E-state index in [1.807, 2.05) is 37.3 Å². The molecule has 0 fully saturated rings. The number of aryl methyl sites for hydroxylation is 1. The molecule has 2 heterocycles. The van der Waals surface area contributed by atoms with Crippen LogP contribution >= 0.6 is 0 Å². The third-order valence-electron chi connectivity index (χ3n) is 5.86. The number of furan rings is 1. The Bertz CT molecular complexity index is 1410. The van der Waals surface area contributed by atoms with Crippen molar-refractivity contribution in [3.05, 3.63) is 107 Å². The Morgan fingerprint density at radius 3 is 2.39 bits per heavy atom. The minimum atomic E-state index is -0.348. The molecule has 5 rings (SSSR count). The highest BCUT2D eigenvalue weighted by Crippen LogP contribution is 2.30. The van der Waals surface area contributed by atoms with Crippen LogP contribution in [0.15, 0.2) is 88.6 Å². The van der Waals surface area contributed by atoms with Crippen LogP contribution in [-0.4, -0.2) is 22.5 Å². The van der Waals surface area contributed by atoms with Crippen molar-refractivity contribution in [1.82, 2.24) is 10.4 Å². The van der Waals surface area contributed by atoms with Crippen LogP contribution in [0.1, 0.15) is 50.6 Å². The summed E-state index contributed by atoms with van der Waals surface area (Å²) in [6, 6.07) is 19.8. The predicted molar refractivity (Wildman–Crippen MR) is 136 cm³/mol. The smallest absolute Gasteiger partial charge is 0.291 e. The normalized spacial score (nSPS) is 13.6. The zero-order valence-corrected chi connectivity index (χ0v) is 19.7. The summed E-state index contributed by atoms with van der Waals surface area (Å²) in [7, 11) is 0. The van der Waals surface area contributed by atoms with Gasteiger partial charge in [0.05, 0.1) is 5.71 Å². The van der Waals surface area contributed by atoms with E-state index < -0.39 is 0 Å². The molecule has 1 aliphatic rings. The van der Waals surface area contributed by atoms with Gasteiger partial charge in [-0.3, -0.25) is 14.6 Å². The molecule has 1 aliphatic carbocycles. The number of rotatable bonds is 6. The molecule has 0 atom stereocenters. The van der Waals surface area contributed by atoms with Gasteiger partial charge in [0.2, 0.25) is 0 Å². The van der Waals surface area contributed by atoms with Crippen LogP contribution in [0, 0.1) is 6.92 Å². The minimum Gasteiger partial charge on any atom is -0.457 e. The summed E-state index contributed by atoms with van der Waals surface area (Å²) in [4.78, 5) is 29.3. The van der Waals surface area contributed by atoms with E-state index in [0.29, 0.717) is 46.9 Å². The molecule has 180 valence electrons. The number of nitrogens with one attached hydrogen (secondary N) is 2. The Morgan fingerprint density at radius 1 is 0.917 bits per heavy atom. The first-order valence-electron chi connectivity index (χ1n) is 11.6. The van der Waals surface area contributed by atoms with E-state index in [1.165, 1.54) is 0 Å². The van der Waals surface area contributed by atoms with Gasteiger partial charge < -0.3 is 14.5 Å². The Labute approximate surface area is 208 Å². The molecule has 0 spiro atoms. The number of aromatic nitrogens is 1. The van der Waals surface area contributed by atoms with E-state index in [4.69, 9.17) is 9.15 Å². The number of para-hydroxylation sites is 1. The van der Waals surface area contributed by atoms with Gasteiger partial charge in [-0.15, -0.1) is 0 Å². The second kappa shape index (κ2) is 10.3. The maximum Gasteiger partial charge on any atom is 0.291 e. The molecular formula is C28H24N4O4. The van der Waals surface area contributed by atoms with Crippen LogP contribution in [0.5, 0.6) is 11.5 Å². The van der Waals surface area contributed by atoms with Crippen molar-refractivity contribution in [2.45, 2.75) is 26.2 Å². The lowest BCUT2D eigenvalue weighted by atomic mass is 9.93. The Balaban J connectivity index is 1.29. The summed E-state index contributed by atoms with van der Waals surface area (Å²) in [5.74, 6) is 1.67. The number of hydrogen-bond donors (Lipinski definition) is 2. The topological polar surface area (TPSA) is 106 Å². The molecule has 2 aromatic carbocycles. The highest BCUT2D eigenvalue weighted by atomic mass is 16.5. The summed E-state index contributed by atoms with van der Waals surface area (Å²) in [5, 5.41) is 7.24. The molecule has 0 radical (unpaired) electrons. The number of ether oxygens (including phenoxy) is 1. The fraction of sp³-hybridized carbons (Fsp3) is 0.143. The number of carbonyl (C=O) groups excluding carboxylic acids is 2. The number of nitrogens with zero attached hydrogens (tertiary/aromatic N) is 2. The maximum absolute atomic E-state index is 13.0. The van der Waals surface area contributed by atoms with Crippen molar-refractivity contribution in [1.29, 1.82) is 0 Å². The molecular weight excluding hydrogens is 456 g/mol. The Hall–Kier alpha value is -4.72. The average Bonchev–Trinajstić information content (AvgIpc) is 3.26. The van der Waals surface area contributed by atoms with Crippen LogP contribution < -0.4 is 15.5 Å². The van der Waals surface area contributed by atoms with Crippen molar-refractivity contribution >= 4 is 23.2 Å². The fourth-order valence-electron chi connectivity index (χ4n) is 4.10. The van der Waals surface area contributed by atoms with Crippen molar-refractivity contribution in [3.8, 4) is 11.5 Å². The number of amides is 2. The molecule has 36 heavy (non-hydrogen) atoms. The van der Waals surface area contributed by atoms with Crippen LogP contribution in [0.2, 0.25) is 0 Å². The summed E-state index contributed by atoms with van der Waals surface area (Å²) in [6.07, 6.45) is 5.29. The molecule has 0 saturated carbocycles. The number of hydrogen-bond acceptors (Lipinski definition) is 6. The lowest BCUT2D eigenvalue weighted by Gasteiger charge is -2.13. The third kappa shape index (κ3) is 5.02. The largest absolute Gasteiger partial charge is 0.457 e. The van der Waals surface area contributed by atoms with Gasteiger partial charge in [-0.05, 0) is 68.3 Å². The molecule has 8 heteroatoms. The standard InChI is InChI=1S/C28H24N4O4/c1-18-25-23(31-32-27(33)19-14-16-29-17-15-19)8-5-9-24(25)36-26(18)28(34)30-20-10-12-22(13-11-20)35-21-6-3-2-4-7-21/h2-4,6-7,10-17H,5,8-9H2,1H3,(H,30,34)(H,32,33)/b31-23+. The molecule has 2 aromatic heterocycles. The van der Waals surface area contributed by atoms with Gasteiger partial charge in [-0.25, -0.2) is 5.43 Å². The van der Waals surface area contributed by atoms with Gasteiger partial charge >= 0.3 is 0 Å². The van der Waals surface area contributed by atoms with Gasteiger partial charge in [0.15, 0.2) is 5.76 Å². The molecule has 0 unspecified atom stereocenters. The van der Waals surface area contributed by atoms with Gasteiger partial charge in [0, 0.05) is 41.2 Å². The van der Waals surface area contributed by atoms with Crippen molar-refractivity contribution in [3.63, 3.8) is 0 Å². The highest BCUT2D eigenvalue weighted by Gasteiger charge is 2.28. The molecule has 8 nitrogen and oxygen atoms in total. The van der Waals surface area contributed by atoms with E-state index in [0.717, 1.165) is 17.7 Å². The summed E-state index contributed by atoms with van der Waals surface area (Å²) >= 11 is 0. The zero-order valence-electron chi connectivity index (χ0n) is 19.7. The molecule has 0 bridgehead atoms. The number of benzene rings is 2. The lowest BCUT2D eigenvalue weighted by Crippen LogP contribution is -2.22. The first-order chi connectivity index (χ1) is 17.6. The first-order valence-corrected chi connectivity index (χ1v) is 11.6. The van der Waals surface area contributed by atoms with Gasteiger partial charge in [0.25, 0.3) is 11.8 Å². The van der Waals surface area contributed by atoms with Crippen molar-refractivity contribution < 1.29 is 18.7 Å². The van der Waals surface area contributed by atoms with E-state index >= 15 is 0 Å². The highest BCUT2D eigenvalue weighted by molar-refractivity contribution is 6.09. The van der Waals surface area contributed by atoms with Crippen LogP contribution in [-0.2, 0) is 6.42 Å². The number of carbonyl (C=O) groups is 2. The molecule has 0 aliphatic heterocycles. The minimum absolute atomic E-state index is 0.236. The first kappa shape index (κ1) is 23.0. The maximum atomic E-state index is 13.0. The van der Waals surface area contributed by atoms with E-state index in [1.54, 1.807) is 48.8 Å².